The molecule has 1 amide bonds. The van der Waals surface area contributed by atoms with E-state index < -0.39 is 0 Å². The summed E-state index contributed by atoms with van der Waals surface area (Å²) in [5.41, 5.74) is 3.45. The van der Waals surface area contributed by atoms with Gasteiger partial charge in [0.2, 0.25) is 5.91 Å². The van der Waals surface area contributed by atoms with Crippen molar-refractivity contribution in [2.45, 2.75) is 19.4 Å². The summed E-state index contributed by atoms with van der Waals surface area (Å²) in [5.74, 6) is 0.0618. The minimum absolute atomic E-state index is 0.0618. The number of rotatable bonds is 6. The van der Waals surface area contributed by atoms with Gasteiger partial charge in [-0.25, -0.2) is 0 Å². The highest BCUT2D eigenvalue weighted by Crippen LogP contribution is 2.21. The Kier molecular flexibility index (Phi) is 6.31. The Hall–Kier alpha value is -2.04. The molecular weight excluding hydrogens is 336 g/mol. The number of hydrogen-bond donors (Lipinski definition) is 1. The third-order valence-corrected chi connectivity index (χ3v) is 4.63. The van der Waals surface area contributed by atoms with Gasteiger partial charge < -0.3 is 15.0 Å². The maximum Gasteiger partial charge on any atom is 0.220 e. The lowest BCUT2D eigenvalue weighted by atomic mass is 10.1. The van der Waals surface area contributed by atoms with Crippen molar-refractivity contribution in [3.8, 4) is 0 Å². The summed E-state index contributed by atoms with van der Waals surface area (Å²) >= 11 is 5.88. The monoisotopic (exact) mass is 358 g/mol. The van der Waals surface area contributed by atoms with Crippen LogP contribution >= 0.6 is 11.6 Å². The van der Waals surface area contributed by atoms with Crippen molar-refractivity contribution in [1.29, 1.82) is 0 Å². The van der Waals surface area contributed by atoms with E-state index in [0.29, 0.717) is 24.4 Å². The molecule has 4 nitrogen and oxygen atoms in total. The number of morpholine rings is 1. The fourth-order valence-corrected chi connectivity index (χ4v) is 3.09. The molecule has 1 saturated heterocycles. The summed E-state index contributed by atoms with van der Waals surface area (Å²) in [6.45, 7) is 3.83. The van der Waals surface area contributed by atoms with Crippen molar-refractivity contribution in [2.24, 2.45) is 0 Å². The Morgan fingerprint density at radius 3 is 2.56 bits per heavy atom. The molecule has 0 unspecified atom stereocenters. The number of hydrogen-bond acceptors (Lipinski definition) is 3. The normalized spacial score (nSPS) is 14.4. The van der Waals surface area contributed by atoms with Gasteiger partial charge in [0.05, 0.1) is 13.2 Å². The van der Waals surface area contributed by atoms with Gasteiger partial charge in [0.1, 0.15) is 0 Å². The summed E-state index contributed by atoms with van der Waals surface area (Å²) in [6, 6.07) is 15.9. The zero-order chi connectivity index (χ0) is 17.5. The van der Waals surface area contributed by atoms with Crippen LogP contribution in [0.2, 0.25) is 5.02 Å². The van der Waals surface area contributed by atoms with Gasteiger partial charge in [0.15, 0.2) is 0 Å². The smallest absolute Gasteiger partial charge is 0.220 e. The Morgan fingerprint density at radius 2 is 1.80 bits per heavy atom. The predicted molar refractivity (Wildman–Crippen MR) is 101 cm³/mol. The third kappa shape index (κ3) is 5.21. The average molecular weight is 359 g/mol. The highest BCUT2D eigenvalue weighted by molar-refractivity contribution is 6.30. The zero-order valence-electron chi connectivity index (χ0n) is 14.2. The first kappa shape index (κ1) is 17.8. The van der Waals surface area contributed by atoms with Crippen LogP contribution in [0.4, 0.5) is 5.69 Å². The first-order chi connectivity index (χ1) is 12.2. The van der Waals surface area contributed by atoms with Crippen molar-refractivity contribution >= 4 is 23.2 Å². The molecule has 25 heavy (non-hydrogen) atoms. The number of nitrogens with zero attached hydrogens (tertiary/aromatic N) is 1. The molecule has 132 valence electrons. The SMILES string of the molecule is O=C(CCc1ccc(Cl)cc1)NCc1ccccc1N1CCOCC1. The lowest BCUT2D eigenvalue weighted by Gasteiger charge is -2.30. The second kappa shape index (κ2) is 8.88. The van der Waals surface area contributed by atoms with Crippen molar-refractivity contribution in [3.05, 3.63) is 64.7 Å². The van der Waals surface area contributed by atoms with Crippen LogP contribution in [0.3, 0.4) is 0 Å². The maximum atomic E-state index is 12.2. The molecule has 1 aliphatic heterocycles. The Morgan fingerprint density at radius 1 is 1.08 bits per heavy atom. The van der Waals surface area contributed by atoms with Crippen LogP contribution in [-0.4, -0.2) is 32.2 Å². The van der Waals surface area contributed by atoms with Crippen molar-refractivity contribution < 1.29 is 9.53 Å². The highest BCUT2D eigenvalue weighted by Gasteiger charge is 2.14. The lowest BCUT2D eigenvalue weighted by molar-refractivity contribution is -0.121. The molecule has 2 aromatic rings. The number of aryl methyl sites for hydroxylation is 1. The van der Waals surface area contributed by atoms with Crippen molar-refractivity contribution in [3.63, 3.8) is 0 Å². The number of halogens is 1. The lowest BCUT2D eigenvalue weighted by Crippen LogP contribution is -2.37. The molecule has 5 heteroatoms. The third-order valence-electron chi connectivity index (χ3n) is 4.37. The molecule has 1 fully saturated rings. The van der Waals surface area contributed by atoms with Gasteiger partial charge >= 0.3 is 0 Å². The van der Waals surface area contributed by atoms with E-state index >= 15 is 0 Å². The van der Waals surface area contributed by atoms with E-state index in [-0.39, 0.29) is 5.91 Å². The fourth-order valence-electron chi connectivity index (χ4n) is 2.96. The second-order valence-corrected chi connectivity index (χ2v) is 6.57. The van der Waals surface area contributed by atoms with Gasteiger partial charge in [0, 0.05) is 36.8 Å². The fraction of sp³-hybridized carbons (Fsp3) is 0.350. The summed E-state index contributed by atoms with van der Waals surface area (Å²) in [5, 5.41) is 3.75. The van der Waals surface area contributed by atoms with E-state index in [1.165, 1.54) is 5.69 Å². The molecule has 0 radical (unpaired) electrons. The van der Waals surface area contributed by atoms with E-state index in [1.807, 2.05) is 36.4 Å². The van der Waals surface area contributed by atoms with Crippen LogP contribution in [0.1, 0.15) is 17.5 Å². The predicted octanol–water partition coefficient (Wildman–Crippen LogP) is 3.43. The number of amides is 1. The number of benzene rings is 2. The van der Waals surface area contributed by atoms with Gasteiger partial charge in [-0.1, -0.05) is 41.9 Å². The molecule has 0 atom stereocenters. The van der Waals surface area contributed by atoms with Crippen LogP contribution in [0.5, 0.6) is 0 Å². The van der Waals surface area contributed by atoms with E-state index in [0.717, 1.165) is 37.4 Å². The number of ether oxygens (including phenoxy) is 1. The summed E-state index contributed by atoms with van der Waals surface area (Å²) in [7, 11) is 0. The number of nitrogens with one attached hydrogen (secondary N) is 1. The number of anilines is 1. The Balaban J connectivity index is 1.52. The van der Waals surface area contributed by atoms with Crippen LogP contribution in [0, 0.1) is 0 Å². The minimum Gasteiger partial charge on any atom is -0.378 e. The molecule has 0 saturated carbocycles. The van der Waals surface area contributed by atoms with Gasteiger partial charge in [-0.15, -0.1) is 0 Å². The zero-order valence-corrected chi connectivity index (χ0v) is 15.0. The molecule has 1 heterocycles. The highest BCUT2D eigenvalue weighted by atomic mass is 35.5. The van der Waals surface area contributed by atoms with E-state index in [1.54, 1.807) is 0 Å². The van der Waals surface area contributed by atoms with Crippen LogP contribution < -0.4 is 10.2 Å². The molecule has 1 N–H and O–H groups in total. The first-order valence-corrected chi connectivity index (χ1v) is 9.02. The summed E-state index contributed by atoms with van der Waals surface area (Å²) < 4.78 is 5.42. The van der Waals surface area contributed by atoms with Gasteiger partial charge in [-0.3, -0.25) is 4.79 Å². The summed E-state index contributed by atoms with van der Waals surface area (Å²) in [6.07, 6.45) is 1.19. The Labute approximate surface area is 153 Å². The molecule has 0 aromatic heterocycles. The molecule has 2 aromatic carbocycles. The largest absolute Gasteiger partial charge is 0.378 e. The van der Waals surface area contributed by atoms with E-state index in [4.69, 9.17) is 16.3 Å². The van der Waals surface area contributed by atoms with Crippen molar-refractivity contribution in [2.75, 3.05) is 31.2 Å². The van der Waals surface area contributed by atoms with Crippen LogP contribution in [0.25, 0.3) is 0 Å². The first-order valence-electron chi connectivity index (χ1n) is 8.64. The van der Waals surface area contributed by atoms with E-state index in [9.17, 15) is 4.79 Å². The average Bonchev–Trinajstić information content (AvgIpc) is 2.67. The Bertz CT molecular complexity index is 697. The molecule has 0 bridgehead atoms. The summed E-state index contributed by atoms with van der Waals surface area (Å²) in [4.78, 5) is 14.5. The van der Waals surface area contributed by atoms with Gasteiger partial charge in [0.25, 0.3) is 0 Å². The maximum absolute atomic E-state index is 12.2. The number of para-hydroxylation sites is 1. The molecule has 1 aliphatic rings. The van der Waals surface area contributed by atoms with Gasteiger partial charge in [-0.2, -0.15) is 0 Å². The van der Waals surface area contributed by atoms with Gasteiger partial charge in [-0.05, 0) is 35.7 Å². The number of carbonyl (C=O) groups excluding carboxylic acids is 1. The molecule has 0 spiro atoms. The molecular formula is C20H23ClN2O2. The molecule has 3 rings (SSSR count). The minimum atomic E-state index is 0.0618. The van der Waals surface area contributed by atoms with E-state index in [2.05, 4.69) is 22.3 Å². The molecule has 0 aliphatic carbocycles. The second-order valence-electron chi connectivity index (χ2n) is 6.13. The van der Waals surface area contributed by atoms with Crippen molar-refractivity contribution in [1.82, 2.24) is 5.32 Å². The topological polar surface area (TPSA) is 41.6 Å². The standard InChI is InChI=1S/C20H23ClN2O2/c21-18-8-5-16(6-9-18)7-10-20(24)22-15-17-3-1-2-4-19(17)23-11-13-25-14-12-23/h1-6,8-9H,7,10-15H2,(H,22,24). The quantitative estimate of drug-likeness (QED) is 0.860. The number of carbonyl (C=O) groups is 1. The van der Waals surface area contributed by atoms with Crippen LogP contribution in [0.15, 0.2) is 48.5 Å². The van der Waals surface area contributed by atoms with Crippen LogP contribution in [-0.2, 0) is 22.5 Å².